The molecule has 1 amide bonds. The van der Waals surface area contributed by atoms with Crippen molar-refractivity contribution in [2.75, 3.05) is 13.1 Å². The highest BCUT2D eigenvalue weighted by Gasteiger charge is 2.46. The van der Waals surface area contributed by atoms with Gasteiger partial charge in [-0.1, -0.05) is 10.5 Å². The topological polar surface area (TPSA) is 90.5 Å². The van der Waals surface area contributed by atoms with Gasteiger partial charge in [-0.15, -0.1) is 0 Å². The van der Waals surface area contributed by atoms with Crippen LogP contribution in [0.5, 0.6) is 0 Å². The monoisotopic (exact) mass is 347 g/mol. The Kier molecular flexibility index (Phi) is 4.49. The number of nitrogens with one attached hydrogen (secondary N) is 1. The molecule has 0 aromatic heterocycles. The molecule has 1 aromatic rings. The van der Waals surface area contributed by atoms with Crippen LogP contribution >= 0.6 is 0 Å². The molecule has 0 bridgehead atoms. The maximum Gasteiger partial charge on any atom is 0.248 e. The number of carbonyl (C=O) groups excluding carboxylic acids is 1. The second-order valence-corrected chi connectivity index (χ2v) is 9.65. The van der Waals surface area contributed by atoms with Gasteiger partial charge in [-0.3, -0.25) is 4.79 Å². The minimum atomic E-state index is -1.33. The molecule has 1 heterocycles. The molecule has 24 heavy (non-hydrogen) atoms. The summed E-state index contributed by atoms with van der Waals surface area (Å²) in [5.41, 5.74) is 8.87. The number of nitrogens with two attached hydrogens (primary N) is 1. The zero-order valence-electron chi connectivity index (χ0n) is 14.5. The number of amides is 1. The summed E-state index contributed by atoms with van der Waals surface area (Å²) in [5.74, 6) is -0.444. The smallest absolute Gasteiger partial charge is 0.248 e. The van der Waals surface area contributed by atoms with E-state index in [9.17, 15) is 9.35 Å². The molecule has 6 heteroatoms. The summed E-state index contributed by atoms with van der Waals surface area (Å²) >= 11 is -1.33. The summed E-state index contributed by atoms with van der Waals surface area (Å²) in [6, 6.07) is 5.58. The van der Waals surface area contributed by atoms with Crippen LogP contribution in [0.1, 0.15) is 55.1 Å². The Morgan fingerprint density at radius 3 is 2.58 bits per heavy atom. The number of nitrogens with zero attached hydrogens (tertiary/aromatic N) is 1. The number of fused-ring (bicyclic) bond motifs is 1. The summed E-state index contributed by atoms with van der Waals surface area (Å²) < 4.78 is 17.0. The molecular weight excluding hydrogens is 322 g/mol. The number of rotatable bonds is 2. The predicted octanol–water partition coefficient (Wildman–Crippen LogP) is 1.96. The van der Waals surface area contributed by atoms with Gasteiger partial charge in [-0.05, 0) is 70.8 Å². The molecule has 0 radical (unpaired) electrons. The molecule has 1 aliphatic carbocycles. The van der Waals surface area contributed by atoms with E-state index in [1.807, 2.05) is 32.9 Å². The average Bonchev–Trinajstić information content (AvgIpc) is 2.79. The number of carbonyl (C=O) groups is 1. The van der Waals surface area contributed by atoms with Crippen molar-refractivity contribution in [1.82, 2.24) is 5.32 Å². The third kappa shape index (κ3) is 3.10. The van der Waals surface area contributed by atoms with E-state index in [4.69, 9.17) is 5.73 Å². The fourth-order valence-electron chi connectivity index (χ4n) is 3.52. The number of piperidine rings is 1. The van der Waals surface area contributed by atoms with Crippen LogP contribution in [0.15, 0.2) is 22.6 Å². The highest BCUT2D eigenvalue weighted by molar-refractivity contribution is 7.91. The summed E-state index contributed by atoms with van der Waals surface area (Å²) in [4.78, 5) is 11.6. The molecule has 1 aromatic carbocycles. The Bertz CT molecular complexity index is 688. The Labute approximate surface area is 146 Å². The Morgan fingerprint density at radius 2 is 2.00 bits per heavy atom. The van der Waals surface area contributed by atoms with Gasteiger partial charge >= 0.3 is 0 Å². The van der Waals surface area contributed by atoms with Crippen molar-refractivity contribution in [2.45, 2.75) is 44.8 Å². The lowest BCUT2D eigenvalue weighted by molar-refractivity contribution is 0.100. The first-order valence-corrected chi connectivity index (χ1v) is 9.49. The number of hydrogen-bond acceptors (Lipinski definition) is 4. The van der Waals surface area contributed by atoms with E-state index in [0.717, 1.165) is 43.6 Å². The van der Waals surface area contributed by atoms with Crippen LogP contribution in [0.2, 0.25) is 0 Å². The quantitative estimate of drug-likeness (QED) is 0.801. The lowest BCUT2D eigenvalue weighted by atomic mass is 9.75. The van der Waals surface area contributed by atoms with E-state index in [1.54, 1.807) is 6.07 Å². The van der Waals surface area contributed by atoms with Gasteiger partial charge in [0, 0.05) is 16.5 Å². The lowest BCUT2D eigenvalue weighted by Gasteiger charge is -2.34. The molecule has 1 spiro atoms. The second-order valence-electron chi connectivity index (χ2n) is 7.74. The Morgan fingerprint density at radius 1 is 1.33 bits per heavy atom. The molecule has 1 fully saturated rings. The van der Waals surface area contributed by atoms with Crippen LogP contribution in [0.4, 0.5) is 0 Å². The zero-order chi connectivity index (χ0) is 17.5. The van der Waals surface area contributed by atoms with Crippen LogP contribution in [0.3, 0.4) is 0 Å². The molecular formula is C18H25N3O2S. The third-order valence-corrected chi connectivity index (χ3v) is 6.34. The van der Waals surface area contributed by atoms with Crippen LogP contribution < -0.4 is 11.1 Å². The first-order chi connectivity index (χ1) is 11.2. The fraction of sp³-hybridized carbons (Fsp3) is 0.556. The van der Waals surface area contributed by atoms with Crippen LogP contribution in [-0.4, -0.2) is 34.0 Å². The molecule has 2 aliphatic rings. The Hall–Kier alpha value is -1.37. The standard InChI is InChI=1S/C18H25N3O2S/c1-17(2,3)24(23)21-15-14-10-12(16(19)22)4-5-13(14)11-18(15)6-8-20-9-7-18/h4-5,10,20H,6-9,11H2,1-3H3,(H2,19,22). The number of benzene rings is 1. The van der Waals surface area contributed by atoms with Gasteiger partial charge in [-0.2, -0.15) is 0 Å². The van der Waals surface area contributed by atoms with Crippen molar-refractivity contribution < 1.29 is 9.35 Å². The highest BCUT2D eigenvalue weighted by Crippen LogP contribution is 2.45. The first-order valence-electron chi connectivity index (χ1n) is 8.38. The van der Waals surface area contributed by atoms with E-state index in [0.29, 0.717) is 5.56 Å². The van der Waals surface area contributed by atoms with Crippen molar-refractivity contribution in [3.8, 4) is 0 Å². The van der Waals surface area contributed by atoms with Crippen LogP contribution in [0.25, 0.3) is 0 Å². The summed E-state index contributed by atoms with van der Waals surface area (Å²) in [6.07, 6.45) is 2.82. The molecule has 3 rings (SSSR count). The van der Waals surface area contributed by atoms with E-state index < -0.39 is 22.0 Å². The van der Waals surface area contributed by atoms with Crippen molar-refractivity contribution >= 4 is 23.0 Å². The van der Waals surface area contributed by atoms with E-state index >= 15 is 0 Å². The van der Waals surface area contributed by atoms with Gasteiger partial charge in [-0.25, -0.2) is 0 Å². The van der Waals surface area contributed by atoms with Gasteiger partial charge in [0.1, 0.15) is 21.8 Å². The largest absolute Gasteiger partial charge is 0.591 e. The SMILES string of the molecule is CC(C)(C)[S+]([O-])N=C1c2cc(C(N)=O)ccc2CC12CCNCC2. The number of hydrogen-bond donors (Lipinski definition) is 2. The zero-order valence-corrected chi connectivity index (χ0v) is 15.3. The summed E-state index contributed by atoms with van der Waals surface area (Å²) in [7, 11) is 0. The van der Waals surface area contributed by atoms with Gasteiger partial charge in [0.05, 0.1) is 0 Å². The molecule has 0 saturated carbocycles. The van der Waals surface area contributed by atoms with Crippen molar-refractivity contribution in [1.29, 1.82) is 0 Å². The molecule has 130 valence electrons. The van der Waals surface area contributed by atoms with Gasteiger partial charge < -0.3 is 15.6 Å². The van der Waals surface area contributed by atoms with E-state index in [1.165, 1.54) is 5.56 Å². The predicted molar refractivity (Wildman–Crippen MR) is 97.6 cm³/mol. The van der Waals surface area contributed by atoms with E-state index in [2.05, 4.69) is 9.71 Å². The minimum absolute atomic E-state index is 0.0786. The molecule has 1 saturated heterocycles. The van der Waals surface area contributed by atoms with Gasteiger partial charge in [0.2, 0.25) is 5.91 Å². The van der Waals surface area contributed by atoms with Gasteiger partial charge in [0.25, 0.3) is 0 Å². The van der Waals surface area contributed by atoms with Crippen LogP contribution in [0, 0.1) is 5.41 Å². The molecule has 3 N–H and O–H groups in total. The average molecular weight is 347 g/mol. The van der Waals surface area contributed by atoms with Crippen molar-refractivity contribution in [3.05, 3.63) is 34.9 Å². The second kappa shape index (κ2) is 6.17. The van der Waals surface area contributed by atoms with Crippen LogP contribution in [-0.2, 0) is 17.8 Å². The molecule has 1 aliphatic heterocycles. The molecule has 5 nitrogen and oxygen atoms in total. The maximum atomic E-state index is 12.7. The maximum absolute atomic E-state index is 12.7. The number of primary amides is 1. The van der Waals surface area contributed by atoms with E-state index in [-0.39, 0.29) is 5.41 Å². The third-order valence-electron chi connectivity index (χ3n) is 4.94. The molecule has 1 unspecified atom stereocenters. The van der Waals surface area contributed by atoms with Gasteiger partial charge in [0.15, 0.2) is 0 Å². The summed E-state index contributed by atoms with van der Waals surface area (Å²) in [5, 5.41) is 3.39. The first kappa shape index (κ1) is 17.5. The lowest BCUT2D eigenvalue weighted by Crippen LogP contribution is -2.42. The summed E-state index contributed by atoms with van der Waals surface area (Å²) in [6.45, 7) is 7.64. The highest BCUT2D eigenvalue weighted by atomic mass is 32.2. The fourth-order valence-corrected chi connectivity index (χ4v) is 4.25. The normalized spacial score (nSPS) is 22.6. The molecule has 1 atom stereocenters. The minimum Gasteiger partial charge on any atom is -0.591 e. The van der Waals surface area contributed by atoms with Crippen molar-refractivity contribution in [3.63, 3.8) is 0 Å². The van der Waals surface area contributed by atoms with Crippen molar-refractivity contribution in [2.24, 2.45) is 15.5 Å². The Balaban J connectivity index is 2.11.